The molecule has 0 bridgehead atoms. The van der Waals surface area contributed by atoms with Gasteiger partial charge in [0.25, 0.3) is 0 Å². The minimum atomic E-state index is -0.465. The summed E-state index contributed by atoms with van der Waals surface area (Å²) in [6.07, 6.45) is 11.0. The minimum Gasteiger partial charge on any atom is -0.393 e. The lowest BCUT2D eigenvalue weighted by molar-refractivity contribution is -0.121. The predicted molar refractivity (Wildman–Crippen MR) is 175 cm³/mol. The van der Waals surface area contributed by atoms with Crippen LogP contribution in [0, 0.1) is 0 Å². The van der Waals surface area contributed by atoms with Gasteiger partial charge in [-0.1, -0.05) is 118 Å². The van der Waals surface area contributed by atoms with Gasteiger partial charge >= 0.3 is 0 Å². The molecular formula is C38H50O4. The summed E-state index contributed by atoms with van der Waals surface area (Å²) in [5, 5.41) is 9.30. The molecule has 0 fully saturated rings. The fourth-order valence-electron chi connectivity index (χ4n) is 4.01. The molecule has 42 heavy (non-hydrogen) atoms. The summed E-state index contributed by atoms with van der Waals surface area (Å²) < 4.78 is 0. The van der Waals surface area contributed by atoms with Crippen LogP contribution in [0.15, 0.2) is 103 Å². The molecular weight excluding hydrogens is 520 g/mol. The van der Waals surface area contributed by atoms with E-state index in [9.17, 15) is 19.5 Å². The van der Waals surface area contributed by atoms with E-state index in [1.54, 1.807) is 6.08 Å². The first kappa shape index (κ1) is 36.4. The Balaban J connectivity index is 0.000000316. The molecule has 4 heteroatoms. The third kappa shape index (κ3) is 19.4. The maximum Gasteiger partial charge on any atom is 0.155 e. The molecule has 1 atom stereocenters. The number of carbonyl (C=O) groups is 3. The van der Waals surface area contributed by atoms with Crippen molar-refractivity contribution in [3.63, 3.8) is 0 Å². The van der Waals surface area contributed by atoms with Gasteiger partial charge in [-0.15, -0.1) is 0 Å². The van der Waals surface area contributed by atoms with E-state index in [0.717, 1.165) is 38.5 Å². The summed E-state index contributed by atoms with van der Waals surface area (Å²) in [7, 11) is 0. The quantitative estimate of drug-likeness (QED) is 0.175. The van der Waals surface area contributed by atoms with Crippen molar-refractivity contribution >= 4 is 17.3 Å². The Labute approximate surface area is 253 Å². The van der Waals surface area contributed by atoms with Gasteiger partial charge < -0.3 is 5.11 Å². The maximum atomic E-state index is 11.4. The van der Waals surface area contributed by atoms with E-state index in [4.69, 9.17) is 0 Å². The van der Waals surface area contributed by atoms with Gasteiger partial charge in [0.1, 0.15) is 11.6 Å². The molecule has 0 radical (unpaired) electrons. The monoisotopic (exact) mass is 570 g/mol. The molecule has 1 N–H and O–H groups in total. The third-order valence-corrected chi connectivity index (χ3v) is 6.58. The van der Waals surface area contributed by atoms with Crippen LogP contribution in [0.5, 0.6) is 0 Å². The number of rotatable bonds is 16. The zero-order valence-electron chi connectivity index (χ0n) is 25.8. The lowest BCUT2D eigenvalue weighted by Gasteiger charge is -2.06. The normalized spacial score (nSPS) is 11.0. The number of benzene rings is 3. The van der Waals surface area contributed by atoms with E-state index >= 15 is 0 Å². The number of hydrogen-bond acceptors (Lipinski definition) is 4. The molecule has 226 valence electrons. The molecule has 1 unspecified atom stereocenters. The molecule has 0 aliphatic carbocycles. The van der Waals surface area contributed by atoms with Crippen molar-refractivity contribution in [2.24, 2.45) is 0 Å². The Kier molecular flexibility index (Phi) is 20.8. The van der Waals surface area contributed by atoms with E-state index < -0.39 is 6.10 Å². The molecule has 4 nitrogen and oxygen atoms in total. The number of Topliss-reactive ketones (excluding diaryl/α,β-unsaturated/α-hetero) is 2. The van der Waals surface area contributed by atoms with E-state index in [1.807, 2.05) is 93.6 Å². The highest BCUT2D eigenvalue weighted by Crippen LogP contribution is 2.07. The predicted octanol–water partition coefficient (Wildman–Crippen LogP) is 8.49. The molecule has 0 aromatic heterocycles. The number of aliphatic hydroxyl groups excluding tert-OH is 1. The first-order valence-electron chi connectivity index (χ1n) is 15.4. The fourth-order valence-corrected chi connectivity index (χ4v) is 4.01. The third-order valence-electron chi connectivity index (χ3n) is 6.58. The van der Waals surface area contributed by atoms with Crippen molar-refractivity contribution < 1.29 is 19.5 Å². The van der Waals surface area contributed by atoms with E-state index in [2.05, 4.69) is 24.3 Å². The summed E-state index contributed by atoms with van der Waals surface area (Å²) >= 11 is 0. The van der Waals surface area contributed by atoms with Crippen molar-refractivity contribution in [3.05, 3.63) is 120 Å². The summed E-state index contributed by atoms with van der Waals surface area (Å²) in [6, 6.07) is 30.2. The number of carbonyl (C=O) groups excluding carboxylic acids is 3. The number of allylic oxidation sites excluding steroid dienone is 2. The van der Waals surface area contributed by atoms with Gasteiger partial charge in [0.2, 0.25) is 0 Å². The lowest BCUT2D eigenvalue weighted by atomic mass is 10.0. The van der Waals surface area contributed by atoms with Crippen LogP contribution in [0.25, 0.3) is 0 Å². The van der Waals surface area contributed by atoms with E-state index in [1.165, 1.54) is 16.7 Å². The van der Waals surface area contributed by atoms with Crippen molar-refractivity contribution in [2.75, 3.05) is 0 Å². The highest BCUT2D eigenvalue weighted by Gasteiger charge is 2.08. The molecule has 3 aromatic carbocycles. The van der Waals surface area contributed by atoms with Crippen molar-refractivity contribution in [3.8, 4) is 0 Å². The summed E-state index contributed by atoms with van der Waals surface area (Å²) in [5.74, 6) is 0.746. The summed E-state index contributed by atoms with van der Waals surface area (Å²) in [6.45, 7) is 5.95. The number of aliphatic hydroxyl groups is 1. The number of hydrogen-bond donors (Lipinski definition) is 1. The van der Waals surface area contributed by atoms with Gasteiger partial charge in [0, 0.05) is 32.1 Å². The van der Waals surface area contributed by atoms with Gasteiger partial charge in [-0.05, 0) is 61.3 Å². The van der Waals surface area contributed by atoms with Gasteiger partial charge in [-0.3, -0.25) is 14.4 Å². The van der Waals surface area contributed by atoms with Crippen LogP contribution in [0.1, 0.15) is 88.8 Å². The fraction of sp³-hybridized carbons (Fsp3) is 0.395. The second-order valence-electron chi connectivity index (χ2n) is 10.3. The summed E-state index contributed by atoms with van der Waals surface area (Å²) in [5.41, 5.74) is 3.66. The topological polar surface area (TPSA) is 71.4 Å². The van der Waals surface area contributed by atoms with Gasteiger partial charge in [-0.25, -0.2) is 0 Å². The number of ketones is 3. The second-order valence-corrected chi connectivity index (χ2v) is 10.3. The van der Waals surface area contributed by atoms with Gasteiger partial charge in [0.05, 0.1) is 6.10 Å². The minimum absolute atomic E-state index is 0.146. The molecule has 0 heterocycles. The van der Waals surface area contributed by atoms with Gasteiger partial charge in [-0.2, -0.15) is 0 Å². The Morgan fingerprint density at radius 1 is 0.619 bits per heavy atom. The van der Waals surface area contributed by atoms with E-state index in [-0.39, 0.29) is 11.6 Å². The molecule has 0 amide bonds. The van der Waals surface area contributed by atoms with Crippen LogP contribution in [-0.4, -0.2) is 28.6 Å². The van der Waals surface area contributed by atoms with Crippen LogP contribution in [-0.2, 0) is 33.6 Å². The first-order chi connectivity index (χ1) is 20.4. The molecule has 3 aromatic rings. The molecule has 0 saturated carbocycles. The maximum absolute atomic E-state index is 11.4. The first-order valence-corrected chi connectivity index (χ1v) is 15.4. The standard InChI is InChI=1S/C13H18O2.C13H16O.C12H16O/c1-2-12(14)10-13(15)9-8-11-6-4-3-5-7-11;1-2-3-9-13(14)11-10-12-7-5-4-6-8-12;1-2-6-12(13)10-9-11-7-4-3-5-8-11/h3-7,12,14H,2,8-10H2,1H3;3-9H,2,10-11H2,1H3;3-5,7-8H,2,6,9-10H2,1H3/b;9-3+;. The van der Waals surface area contributed by atoms with Crippen molar-refractivity contribution in [1.29, 1.82) is 0 Å². The average molecular weight is 571 g/mol. The van der Waals surface area contributed by atoms with Crippen LogP contribution in [0.3, 0.4) is 0 Å². The second kappa shape index (κ2) is 24.0. The highest BCUT2D eigenvalue weighted by atomic mass is 16.3. The average Bonchev–Trinajstić information content (AvgIpc) is 3.03. The highest BCUT2D eigenvalue weighted by molar-refractivity contribution is 5.89. The largest absolute Gasteiger partial charge is 0.393 e. The molecule has 3 rings (SSSR count). The Morgan fingerprint density at radius 2 is 1.05 bits per heavy atom. The smallest absolute Gasteiger partial charge is 0.155 e. The molecule has 0 spiro atoms. The van der Waals surface area contributed by atoms with Crippen molar-refractivity contribution in [2.45, 2.75) is 97.5 Å². The molecule has 0 aliphatic heterocycles. The Hall–Kier alpha value is -3.63. The molecule has 0 aliphatic rings. The SMILES string of the molecule is CC/C=C/C(=O)CCc1ccccc1.CCC(O)CC(=O)CCc1ccccc1.CCCC(=O)CCc1ccccc1. The lowest BCUT2D eigenvalue weighted by Crippen LogP contribution is -2.12. The molecule has 0 saturated heterocycles. The zero-order valence-corrected chi connectivity index (χ0v) is 25.8. The Morgan fingerprint density at radius 3 is 1.45 bits per heavy atom. The van der Waals surface area contributed by atoms with Crippen LogP contribution in [0.2, 0.25) is 0 Å². The van der Waals surface area contributed by atoms with Crippen LogP contribution < -0.4 is 0 Å². The Bertz CT molecular complexity index is 1140. The zero-order chi connectivity index (χ0) is 30.8. The van der Waals surface area contributed by atoms with Crippen LogP contribution >= 0.6 is 0 Å². The summed E-state index contributed by atoms with van der Waals surface area (Å²) in [4.78, 5) is 33.9. The van der Waals surface area contributed by atoms with Crippen molar-refractivity contribution in [1.82, 2.24) is 0 Å². The number of aryl methyl sites for hydroxylation is 3. The van der Waals surface area contributed by atoms with Gasteiger partial charge in [0.15, 0.2) is 5.78 Å². The van der Waals surface area contributed by atoms with Crippen LogP contribution in [0.4, 0.5) is 0 Å². The van der Waals surface area contributed by atoms with E-state index in [0.29, 0.717) is 37.9 Å².